The van der Waals surface area contributed by atoms with E-state index in [1.165, 1.54) is 12.1 Å². The fourth-order valence-corrected chi connectivity index (χ4v) is 3.95. The minimum absolute atomic E-state index is 0.0265. The molecular formula is C17H16N6O7S2. The van der Waals surface area contributed by atoms with E-state index >= 15 is 0 Å². The number of hydrazone groups is 1. The molecule has 1 saturated heterocycles. The lowest BCUT2D eigenvalue weighted by Gasteiger charge is -2.14. The van der Waals surface area contributed by atoms with Crippen LogP contribution in [0.2, 0.25) is 0 Å². The number of nitrogens with one attached hydrogen (secondary N) is 1. The molecule has 2 aromatic carbocycles. The number of benzene rings is 2. The lowest BCUT2D eigenvalue weighted by molar-refractivity contribution is -0.127. The molecule has 0 bridgehead atoms. The van der Waals surface area contributed by atoms with Crippen LogP contribution in [-0.2, 0) is 34.4 Å². The molecule has 32 heavy (non-hydrogen) atoms. The van der Waals surface area contributed by atoms with Gasteiger partial charge in [-0.1, -0.05) is 0 Å². The number of nitrogens with two attached hydrogens (primary N) is 3. The number of hydrogen-bond donors (Lipinski definition) is 4. The highest BCUT2D eigenvalue weighted by molar-refractivity contribution is 7.89. The number of hydrogen-bond acceptors (Lipinski definition) is 9. The molecule has 1 fully saturated rings. The van der Waals surface area contributed by atoms with Gasteiger partial charge in [0.05, 0.1) is 15.5 Å². The fourth-order valence-electron chi connectivity index (χ4n) is 2.92. The molecule has 0 aromatic heterocycles. The van der Waals surface area contributed by atoms with E-state index in [1.807, 2.05) is 0 Å². The van der Waals surface area contributed by atoms with Gasteiger partial charge in [-0.25, -0.2) is 32.0 Å². The smallest absolute Gasteiger partial charge is 0.282 e. The van der Waals surface area contributed by atoms with Gasteiger partial charge in [-0.3, -0.25) is 14.4 Å². The van der Waals surface area contributed by atoms with Crippen molar-refractivity contribution in [3.63, 3.8) is 0 Å². The van der Waals surface area contributed by atoms with Crippen molar-refractivity contribution in [2.75, 3.05) is 10.2 Å². The molecule has 0 aliphatic carbocycles. The number of nitrogens with zero attached hydrogens (tertiary/aromatic N) is 2. The van der Waals surface area contributed by atoms with Gasteiger partial charge >= 0.3 is 0 Å². The molecule has 3 rings (SSSR count). The third-order valence-electron chi connectivity index (χ3n) is 4.44. The van der Waals surface area contributed by atoms with Crippen molar-refractivity contribution in [1.82, 2.24) is 0 Å². The van der Waals surface area contributed by atoms with Gasteiger partial charge in [0.1, 0.15) is 5.71 Å². The maximum absolute atomic E-state index is 12.9. The lowest BCUT2D eigenvalue weighted by Crippen LogP contribution is -2.35. The number of carbonyl (C=O) groups excluding carboxylic acids is 3. The normalized spacial score (nSPS) is 18.2. The second-order valence-electron chi connectivity index (χ2n) is 6.52. The van der Waals surface area contributed by atoms with Crippen molar-refractivity contribution in [2.24, 2.45) is 27.1 Å². The monoisotopic (exact) mass is 480 g/mol. The van der Waals surface area contributed by atoms with Crippen LogP contribution in [0.3, 0.4) is 0 Å². The number of sulfonamides is 2. The largest absolute Gasteiger partial charge is 0.325 e. The summed E-state index contributed by atoms with van der Waals surface area (Å²) in [6.45, 7) is 0. The van der Waals surface area contributed by atoms with Crippen molar-refractivity contribution in [1.29, 1.82) is 0 Å². The predicted octanol–water partition coefficient (Wildman–Crippen LogP) is -1.58. The molecule has 2 aromatic rings. The average molecular weight is 480 g/mol. The lowest BCUT2D eigenvalue weighted by atomic mass is 10.1. The highest BCUT2D eigenvalue weighted by atomic mass is 32.2. The van der Waals surface area contributed by atoms with E-state index in [0.717, 1.165) is 36.4 Å². The van der Waals surface area contributed by atoms with Gasteiger partial charge in [-0.15, -0.1) is 0 Å². The van der Waals surface area contributed by atoms with Gasteiger partial charge in [0.15, 0.2) is 5.92 Å². The van der Waals surface area contributed by atoms with Crippen molar-refractivity contribution in [3.05, 3.63) is 48.5 Å². The standard InChI is InChI=1S/C17H16N6O7S2/c18-22-14-13(15(24)21-9-1-5-11(6-2-9)31(19,27)28)16(25)23(17(14)26)10-3-7-12(8-4-10)32(20,29)30/h1-8,13H,18H2,(H,21,24)(H2,19,27,28)(H2,20,29,30). The summed E-state index contributed by atoms with van der Waals surface area (Å²) >= 11 is 0. The van der Waals surface area contributed by atoms with Crippen LogP contribution in [0.5, 0.6) is 0 Å². The summed E-state index contributed by atoms with van der Waals surface area (Å²) < 4.78 is 45.4. The van der Waals surface area contributed by atoms with E-state index in [9.17, 15) is 31.2 Å². The minimum Gasteiger partial charge on any atom is -0.325 e. The summed E-state index contributed by atoms with van der Waals surface area (Å²) in [6.07, 6.45) is 0. The summed E-state index contributed by atoms with van der Waals surface area (Å²) in [6, 6.07) is 9.26. The minimum atomic E-state index is -4.00. The molecule has 0 radical (unpaired) electrons. The quantitative estimate of drug-likeness (QED) is 0.169. The number of carbonyl (C=O) groups is 3. The van der Waals surface area contributed by atoms with E-state index in [4.69, 9.17) is 16.1 Å². The number of anilines is 2. The van der Waals surface area contributed by atoms with Gasteiger partial charge < -0.3 is 11.2 Å². The first kappa shape index (κ1) is 23.0. The first-order chi connectivity index (χ1) is 14.8. The van der Waals surface area contributed by atoms with Gasteiger partial charge in [0, 0.05) is 5.69 Å². The summed E-state index contributed by atoms with van der Waals surface area (Å²) in [5, 5.41) is 15.7. The van der Waals surface area contributed by atoms with Gasteiger partial charge in [0.2, 0.25) is 26.0 Å². The maximum Gasteiger partial charge on any atom is 0.282 e. The van der Waals surface area contributed by atoms with Crippen LogP contribution in [0.15, 0.2) is 63.4 Å². The zero-order valence-electron chi connectivity index (χ0n) is 16.0. The van der Waals surface area contributed by atoms with Crippen LogP contribution in [0.4, 0.5) is 11.4 Å². The number of imide groups is 1. The summed E-state index contributed by atoms with van der Waals surface area (Å²) in [4.78, 5) is 38.4. The summed E-state index contributed by atoms with van der Waals surface area (Å²) in [5.74, 6) is 0.655. The molecule has 13 nitrogen and oxygen atoms in total. The molecule has 1 atom stereocenters. The van der Waals surface area contributed by atoms with Crippen LogP contribution >= 0.6 is 0 Å². The molecule has 15 heteroatoms. The Kier molecular flexibility index (Phi) is 5.84. The third kappa shape index (κ3) is 4.35. The molecule has 7 N–H and O–H groups in total. The molecule has 0 spiro atoms. The molecule has 0 saturated carbocycles. The molecule has 1 aliphatic heterocycles. The first-order valence-electron chi connectivity index (χ1n) is 8.57. The fraction of sp³-hybridized carbons (Fsp3) is 0.0588. The van der Waals surface area contributed by atoms with E-state index < -0.39 is 49.4 Å². The van der Waals surface area contributed by atoms with Crippen LogP contribution in [0.1, 0.15) is 0 Å². The Balaban J connectivity index is 1.88. The average Bonchev–Trinajstić information content (AvgIpc) is 2.96. The molecule has 1 heterocycles. The predicted molar refractivity (Wildman–Crippen MR) is 112 cm³/mol. The Morgan fingerprint density at radius 3 is 1.78 bits per heavy atom. The van der Waals surface area contributed by atoms with E-state index in [-0.39, 0.29) is 21.2 Å². The molecule has 1 unspecified atom stereocenters. The van der Waals surface area contributed by atoms with Crippen molar-refractivity contribution in [2.45, 2.75) is 9.79 Å². The third-order valence-corrected chi connectivity index (χ3v) is 6.30. The number of amides is 3. The Labute approximate surface area is 182 Å². The highest BCUT2D eigenvalue weighted by Gasteiger charge is 2.49. The summed E-state index contributed by atoms with van der Waals surface area (Å²) in [7, 11) is -7.94. The van der Waals surface area contributed by atoms with Gasteiger partial charge in [-0.2, -0.15) is 5.10 Å². The van der Waals surface area contributed by atoms with E-state index in [0.29, 0.717) is 4.90 Å². The second-order valence-corrected chi connectivity index (χ2v) is 9.65. The van der Waals surface area contributed by atoms with E-state index in [2.05, 4.69) is 10.4 Å². The van der Waals surface area contributed by atoms with Gasteiger partial charge in [-0.05, 0) is 48.5 Å². The van der Waals surface area contributed by atoms with Crippen LogP contribution in [-0.4, -0.2) is 40.3 Å². The number of primary sulfonamides is 2. The Morgan fingerprint density at radius 1 is 0.875 bits per heavy atom. The van der Waals surface area contributed by atoms with Crippen molar-refractivity contribution in [3.8, 4) is 0 Å². The second kappa shape index (κ2) is 8.12. The van der Waals surface area contributed by atoms with E-state index in [1.54, 1.807) is 0 Å². The number of rotatable bonds is 5. The Bertz CT molecular complexity index is 1350. The zero-order valence-corrected chi connectivity index (χ0v) is 17.6. The van der Waals surface area contributed by atoms with Crippen molar-refractivity contribution < 1.29 is 31.2 Å². The first-order valence-corrected chi connectivity index (χ1v) is 11.7. The topological polar surface area (TPSA) is 225 Å². The Morgan fingerprint density at radius 2 is 1.34 bits per heavy atom. The van der Waals surface area contributed by atoms with Crippen LogP contribution < -0.4 is 26.3 Å². The maximum atomic E-state index is 12.9. The van der Waals surface area contributed by atoms with Crippen LogP contribution in [0, 0.1) is 5.92 Å². The summed E-state index contributed by atoms with van der Waals surface area (Å²) in [5.41, 5.74) is -0.444. The highest BCUT2D eigenvalue weighted by Crippen LogP contribution is 2.27. The molecular weight excluding hydrogens is 464 g/mol. The zero-order chi connectivity index (χ0) is 23.8. The molecule has 1 aliphatic rings. The molecule has 3 amide bonds. The van der Waals surface area contributed by atoms with Crippen molar-refractivity contribution >= 4 is 54.9 Å². The molecule has 168 valence electrons. The van der Waals surface area contributed by atoms with Gasteiger partial charge in [0.25, 0.3) is 11.8 Å². The SMILES string of the molecule is NN=C1C(=O)N(c2ccc(S(N)(=O)=O)cc2)C(=O)C1C(=O)Nc1ccc(S(N)(=O)=O)cc1. The Hall–Kier alpha value is -3.66. The van der Waals surface area contributed by atoms with Crippen LogP contribution in [0.25, 0.3) is 0 Å².